The van der Waals surface area contributed by atoms with Gasteiger partial charge in [-0.25, -0.2) is 14.6 Å². The molecule has 0 spiro atoms. The SMILES string of the molecule is CN(CCOC(=O)NCc1ccc(COc2nccc(N)n2)cc1)c1ccc(-c2ccc(/C=C(\C#N)C(=O)OC(C)(C)C)s2)s1. The van der Waals surface area contributed by atoms with Gasteiger partial charge in [0.25, 0.3) is 0 Å². The molecule has 0 fully saturated rings. The van der Waals surface area contributed by atoms with Gasteiger partial charge in [0.1, 0.15) is 36.3 Å². The molecule has 4 rings (SSSR count). The van der Waals surface area contributed by atoms with Crippen LogP contribution < -0.4 is 20.7 Å². The third kappa shape index (κ3) is 10.3. The fourth-order valence-electron chi connectivity index (χ4n) is 3.78. The molecule has 0 bridgehead atoms. The van der Waals surface area contributed by atoms with Crippen LogP contribution in [0.1, 0.15) is 36.8 Å². The molecule has 0 aliphatic heterocycles. The summed E-state index contributed by atoms with van der Waals surface area (Å²) in [5.74, 6) is -0.299. The molecule has 0 radical (unpaired) electrons. The number of anilines is 2. The van der Waals surface area contributed by atoms with E-state index in [0.717, 1.165) is 30.8 Å². The zero-order valence-electron chi connectivity index (χ0n) is 25.4. The Morgan fingerprint density at radius 1 is 1.04 bits per heavy atom. The molecule has 45 heavy (non-hydrogen) atoms. The van der Waals surface area contributed by atoms with Crippen LogP contribution in [0.3, 0.4) is 0 Å². The van der Waals surface area contributed by atoms with E-state index in [1.54, 1.807) is 44.3 Å². The third-order valence-electron chi connectivity index (χ3n) is 6.01. The van der Waals surface area contributed by atoms with Gasteiger partial charge in [0.2, 0.25) is 0 Å². The summed E-state index contributed by atoms with van der Waals surface area (Å²) in [6.45, 7) is 6.63. The molecular weight excluding hydrogens is 613 g/mol. The first-order valence-electron chi connectivity index (χ1n) is 13.9. The molecule has 0 aliphatic rings. The molecule has 3 aromatic heterocycles. The molecular formula is C32H34N6O5S2. The zero-order valence-corrected chi connectivity index (χ0v) is 27.0. The molecule has 3 N–H and O–H groups in total. The Balaban J connectivity index is 1.19. The maximum Gasteiger partial charge on any atom is 0.407 e. The van der Waals surface area contributed by atoms with E-state index in [9.17, 15) is 14.9 Å². The highest BCUT2D eigenvalue weighted by Crippen LogP contribution is 2.37. The molecule has 1 aromatic carbocycles. The van der Waals surface area contributed by atoms with E-state index in [1.165, 1.54) is 17.5 Å². The number of thiophene rings is 2. The van der Waals surface area contributed by atoms with Crippen LogP contribution in [0.5, 0.6) is 6.01 Å². The first-order chi connectivity index (χ1) is 21.5. The number of nitriles is 1. The van der Waals surface area contributed by atoms with E-state index in [4.69, 9.17) is 19.9 Å². The molecule has 3 heterocycles. The number of alkyl carbamates (subject to hydrolysis) is 1. The molecule has 11 nitrogen and oxygen atoms in total. The number of carbonyl (C=O) groups is 2. The average Bonchev–Trinajstić information content (AvgIpc) is 3.68. The summed E-state index contributed by atoms with van der Waals surface area (Å²) < 4.78 is 16.2. The number of nitrogens with one attached hydrogen (secondary N) is 1. The van der Waals surface area contributed by atoms with Crippen LogP contribution in [0.2, 0.25) is 0 Å². The van der Waals surface area contributed by atoms with Crippen molar-refractivity contribution in [2.24, 2.45) is 0 Å². The average molecular weight is 647 g/mol. The fraction of sp³-hybridized carbons (Fsp3) is 0.281. The van der Waals surface area contributed by atoms with E-state index >= 15 is 0 Å². The largest absolute Gasteiger partial charge is 0.459 e. The van der Waals surface area contributed by atoms with Crippen molar-refractivity contribution in [1.29, 1.82) is 5.26 Å². The van der Waals surface area contributed by atoms with E-state index in [1.807, 2.05) is 66.5 Å². The van der Waals surface area contributed by atoms with E-state index in [0.29, 0.717) is 25.5 Å². The minimum absolute atomic E-state index is 0.0426. The Kier molecular flexibility index (Phi) is 11.1. The molecule has 0 saturated carbocycles. The molecule has 0 unspecified atom stereocenters. The Hall–Kier alpha value is -4.93. The van der Waals surface area contributed by atoms with Crippen molar-refractivity contribution in [3.8, 4) is 21.8 Å². The lowest BCUT2D eigenvalue weighted by Gasteiger charge is -2.18. The van der Waals surface area contributed by atoms with Gasteiger partial charge in [0.15, 0.2) is 0 Å². The Morgan fingerprint density at radius 2 is 1.76 bits per heavy atom. The maximum atomic E-state index is 12.3. The minimum atomic E-state index is -0.678. The van der Waals surface area contributed by atoms with Crippen molar-refractivity contribution in [1.82, 2.24) is 15.3 Å². The highest BCUT2D eigenvalue weighted by atomic mass is 32.1. The monoisotopic (exact) mass is 646 g/mol. The number of esters is 1. The van der Waals surface area contributed by atoms with Crippen molar-refractivity contribution in [2.45, 2.75) is 39.5 Å². The second kappa shape index (κ2) is 15.2. The first kappa shape index (κ1) is 33.0. The van der Waals surface area contributed by atoms with Crippen molar-refractivity contribution in [2.75, 3.05) is 30.8 Å². The van der Waals surface area contributed by atoms with Gasteiger partial charge in [-0.15, -0.1) is 22.7 Å². The summed E-state index contributed by atoms with van der Waals surface area (Å²) in [5.41, 5.74) is 6.76. The van der Waals surface area contributed by atoms with Gasteiger partial charge < -0.3 is 30.2 Å². The lowest BCUT2D eigenvalue weighted by Crippen LogP contribution is -2.28. The Morgan fingerprint density at radius 3 is 2.47 bits per heavy atom. The Labute approximate surface area is 269 Å². The predicted molar refractivity (Wildman–Crippen MR) is 176 cm³/mol. The van der Waals surface area contributed by atoms with Gasteiger partial charge in [-0.05, 0) is 68.3 Å². The molecule has 0 saturated heterocycles. The van der Waals surface area contributed by atoms with Gasteiger partial charge in [0, 0.05) is 34.4 Å². The lowest BCUT2D eigenvalue weighted by molar-refractivity contribution is -0.149. The number of hydrogen-bond acceptors (Lipinski definition) is 12. The lowest BCUT2D eigenvalue weighted by atomic mass is 10.1. The minimum Gasteiger partial charge on any atom is -0.459 e. The van der Waals surface area contributed by atoms with E-state index in [-0.39, 0.29) is 18.2 Å². The molecule has 13 heteroatoms. The number of ether oxygens (including phenoxy) is 3. The highest BCUT2D eigenvalue weighted by Gasteiger charge is 2.20. The fourth-order valence-corrected chi connectivity index (χ4v) is 5.81. The topological polar surface area (TPSA) is 153 Å². The number of nitrogens with zero attached hydrogens (tertiary/aromatic N) is 4. The molecule has 0 aliphatic carbocycles. The number of rotatable bonds is 12. The van der Waals surface area contributed by atoms with Gasteiger partial charge in [-0.2, -0.15) is 10.2 Å². The predicted octanol–water partition coefficient (Wildman–Crippen LogP) is 6.04. The second-order valence-electron chi connectivity index (χ2n) is 10.8. The summed E-state index contributed by atoms with van der Waals surface area (Å²) in [5, 5.41) is 13.2. The number of carbonyl (C=O) groups excluding carboxylic acids is 2. The van der Waals surface area contributed by atoms with Gasteiger partial charge >= 0.3 is 18.1 Å². The van der Waals surface area contributed by atoms with Crippen LogP contribution in [0, 0.1) is 11.3 Å². The van der Waals surface area contributed by atoms with Crippen molar-refractivity contribution in [3.05, 3.63) is 82.4 Å². The number of nitrogen functional groups attached to an aromatic ring is 1. The highest BCUT2D eigenvalue weighted by molar-refractivity contribution is 7.24. The van der Waals surface area contributed by atoms with Crippen molar-refractivity contribution >= 4 is 51.6 Å². The van der Waals surface area contributed by atoms with Crippen molar-refractivity contribution < 1.29 is 23.8 Å². The summed E-state index contributed by atoms with van der Waals surface area (Å²) in [7, 11) is 1.93. The van der Waals surface area contributed by atoms with E-state index < -0.39 is 17.7 Å². The standard InChI is InChI=1S/C32H34N6O5S2/c1-32(2,3)43-29(39)23(18-33)17-24-9-10-25(44-24)26-11-12-28(45-26)38(4)15-16-41-31(40)36-19-21-5-7-22(8-6-21)20-42-30-35-14-13-27(34)37-30/h5-14,17H,15-16,19-20H2,1-4H3,(H,36,40)(H2,34,35,37)/b23-17+. The summed E-state index contributed by atoms with van der Waals surface area (Å²) in [6.07, 6.45) is 2.59. The Bertz CT molecular complexity index is 1680. The molecule has 1 amide bonds. The summed E-state index contributed by atoms with van der Waals surface area (Å²) in [6, 6.07) is 19.2. The summed E-state index contributed by atoms with van der Waals surface area (Å²) >= 11 is 3.08. The number of likely N-dealkylation sites (N-methyl/N-ethyl adjacent to an activating group) is 1. The molecule has 234 valence electrons. The third-order valence-corrected chi connectivity index (χ3v) is 8.43. The normalized spacial score (nSPS) is 11.4. The van der Waals surface area contributed by atoms with Crippen LogP contribution in [0.15, 0.2) is 66.4 Å². The van der Waals surface area contributed by atoms with Crippen molar-refractivity contribution in [3.63, 3.8) is 0 Å². The van der Waals surface area contributed by atoms with Crippen LogP contribution in [0.25, 0.3) is 15.8 Å². The number of benzene rings is 1. The van der Waals surface area contributed by atoms with Gasteiger partial charge in [-0.3, -0.25) is 0 Å². The number of aromatic nitrogens is 2. The maximum absolute atomic E-state index is 12.3. The zero-order chi connectivity index (χ0) is 32.4. The quantitative estimate of drug-likeness (QED) is 0.106. The smallest absolute Gasteiger partial charge is 0.407 e. The van der Waals surface area contributed by atoms with E-state index in [2.05, 4.69) is 15.3 Å². The van der Waals surface area contributed by atoms with Crippen LogP contribution in [-0.2, 0) is 27.4 Å². The van der Waals surface area contributed by atoms with Crippen LogP contribution >= 0.6 is 22.7 Å². The molecule has 0 atom stereocenters. The number of nitrogens with two attached hydrogens (primary N) is 1. The van der Waals surface area contributed by atoms with Gasteiger partial charge in [0.05, 0.1) is 11.5 Å². The van der Waals surface area contributed by atoms with Crippen LogP contribution in [-0.4, -0.2) is 47.8 Å². The van der Waals surface area contributed by atoms with Crippen LogP contribution in [0.4, 0.5) is 15.6 Å². The summed E-state index contributed by atoms with van der Waals surface area (Å²) in [4.78, 5) is 37.4. The van der Waals surface area contributed by atoms with Gasteiger partial charge in [-0.1, -0.05) is 24.3 Å². The first-order valence-corrected chi connectivity index (χ1v) is 15.6. The molecule has 4 aromatic rings. The second-order valence-corrected chi connectivity index (χ2v) is 13.0. The number of hydrogen-bond donors (Lipinski definition) is 2. The number of amides is 1.